The maximum absolute atomic E-state index is 13.2. The van der Waals surface area contributed by atoms with Gasteiger partial charge in [0.1, 0.15) is 12.2 Å². The molecule has 9 heteroatoms. The summed E-state index contributed by atoms with van der Waals surface area (Å²) >= 11 is 0. The van der Waals surface area contributed by atoms with Crippen LogP contribution in [0.4, 0.5) is 0 Å². The molecule has 1 N–H and O–H groups in total. The van der Waals surface area contributed by atoms with Crippen molar-refractivity contribution in [3.05, 3.63) is 35.8 Å². The van der Waals surface area contributed by atoms with E-state index in [0.717, 1.165) is 18.4 Å². The van der Waals surface area contributed by atoms with Crippen LogP contribution in [-0.2, 0) is 33.3 Å². The van der Waals surface area contributed by atoms with Crippen LogP contribution < -0.4 is 0 Å². The fourth-order valence-corrected chi connectivity index (χ4v) is 10.2. The molecule has 3 saturated heterocycles. The Morgan fingerprint density at radius 3 is 2.56 bits per heavy atom. The number of furan rings is 1. The number of fused-ring (bicyclic) bond motifs is 2. The molecule has 4 heterocycles. The third-order valence-electron chi connectivity index (χ3n) is 12.2. The number of cyclic esters (lactones) is 1. The van der Waals surface area contributed by atoms with E-state index in [1.807, 2.05) is 26.8 Å². The van der Waals surface area contributed by atoms with Gasteiger partial charge in [0, 0.05) is 39.7 Å². The zero-order valence-corrected chi connectivity index (χ0v) is 25.0. The summed E-state index contributed by atoms with van der Waals surface area (Å²) in [5.74, 6) is -4.19. The third-order valence-corrected chi connectivity index (χ3v) is 12.2. The molecular weight excluding hydrogens is 528 g/mol. The van der Waals surface area contributed by atoms with E-state index >= 15 is 0 Å². The first-order valence-electron chi connectivity index (χ1n) is 14.8. The van der Waals surface area contributed by atoms with Crippen molar-refractivity contribution >= 4 is 17.9 Å². The number of aliphatic hydroxyl groups is 1. The maximum atomic E-state index is 13.2. The predicted octanol–water partition coefficient (Wildman–Crippen LogP) is 4.88. The molecular formula is C32H42O9. The second-order valence-electron chi connectivity index (χ2n) is 14.1. The highest BCUT2D eigenvalue weighted by Crippen LogP contribution is 2.81. The summed E-state index contributed by atoms with van der Waals surface area (Å²) in [6.45, 7) is 11.7. The summed E-state index contributed by atoms with van der Waals surface area (Å²) in [5.41, 5.74) is -1.62. The second-order valence-corrected chi connectivity index (χ2v) is 14.1. The number of hydrogen-bond donors (Lipinski definition) is 1. The van der Waals surface area contributed by atoms with Gasteiger partial charge in [0.25, 0.3) is 0 Å². The summed E-state index contributed by atoms with van der Waals surface area (Å²) in [6, 6.07) is 1.83. The predicted molar refractivity (Wildman–Crippen MR) is 145 cm³/mol. The number of ether oxygens (including phenoxy) is 4. The lowest BCUT2D eigenvalue weighted by Gasteiger charge is -2.66. The van der Waals surface area contributed by atoms with Gasteiger partial charge in [0.15, 0.2) is 5.79 Å². The molecule has 10 atom stereocenters. The average molecular weight is 571 g/mol. The molecule has 1 spiro atoms. The van der Waals surface area contributed by atoms with Crippen LogP contribution >= 0.6 is 0 Å². The molecule has 3 aliphatic heterocycles. The van der Waals surface area contributed by atoms with E-state index in [4.69, 9.17) is 23.4 Å². The summed E-state index contributed by atoms with van der Waals surface area (Å²) in [4.78, 5) is 39.3. The van der Waals surface area contributed by atoms with E-state index in [2.05, 4.69) is 6.92 Å². The van der Waals surface area contributed by atoms with E-state index in [0.29, 0.717) is 12.0 Å². The molecule has 0 unspecified atom stereocenters. The smallest absolute Gasteiger partial charge is 0.333 e. The van der Waals surface area contributed by atoms with Crippen molar-refractivity contribution in [2.24, 2.45) is 39.9 Å². The number of allylic oxidation sites excluding steroid dienone is 1. The van der Waals surface area contributed by atoms with Gasteiger partial charge < -0.3 is 28.5 Å². The summed E-state index contributed by atoms with van der Waals surface area (Å²) in [5, 5.41) is 12.8. The highest BCUT2D eigenvalue weighted by Gasteiger charge is 2.87. The Morgan fingerprint density at radius 2 is 1.93 bits per heavy atom. The Hall–Kier alpha value is -2.65. The van der Waals surface area contributed by atoms with Gasteiger partial charge in [-0.25, -0.2) is 4.79 Å². The number of carbonyl (C=O) groups excluding carboxylic acids is 3. The quantitative estimate of drug-likeness (QED) is 0.300. The van der Waals surface area contributed by atoms with Gasteiger partial charge in [-0.2, -0.15) is 0 Å². The zero-order chi connectivity index (χ0) is 29.8. The monoisotopic (exact) mass is 570 g/mol. The molecule has 5 fully saturated rings. The van der Waals surface area contributed by atoms with Gasteiger partial charge in [-0.15, -0.1) is 0 Å². The van der Waals surface area contributed by atoms with Gasteiger partial charge in [-0.3, -0.25) is 9.59 Å². The fraction of sp³-hybridized carbons (Fsp3) is 0.719. The lowest BCUT2D eigenvalue weighted by atomic mass is 9.37. The number of carbonyl (C=O) groups is 3. The minimum Gasteiger partial charge on any atom is -0.472 e. The molecule has 0 aromatic carbocycles. The van der Waals surface area contributed by atoms with Crippen molar-refractivity contribution < 1.29 is 42.9 Å². The highest BCUT2D eigenvalue weighted by molar-refractivity contribution is 5.87. The van der Waals surface area contributed by atoms with E-state index in [9.17, 15) is 19.5 Å². The zero-order valence-electron chi connectivity index (χ0n) is 25.0. The number of methoxy groups -OCH3 is 1. The van der Waals surface area contributed by atoms with Crippen LogP contribution in [-0.4, -0.2) is 47.6 Å². The Balaban J connectivity index is 1.50. The molecule has 0 radical (unpaired) electrons. The number of esters is 3. The Labute approximate surface area is 240 Å². The lowest BCUT2D eigenvalue weighted by molar-refractivity contribution is -0.320. The van der Waals surface area contributed by atoms with Crippen LogP contribution in [0.15, 0.2) is 34.7 Å². The van der Waals surface area contributed by atoms with Crippen molar-refractivity contribution in [1.29, 1.82) is 0 Å². The largest absolute Gasteiger partial charge is 0.472 e. The first-order chi connectivity index (χ1) is 19.2. The van der Waals surface area contributed by atoms with Crippen LogP contribution in [0.5, 0.6) is 0 Å². The van der Waals surface area contributed by atoms with Crippen LogP contribution in [0, 0.1) is 39.9 Å². The van der Waals surface area contributed by atoms with Crippen molar-refractivity contribution in [1.82, 2.24) is 0 Å². The molecule has 2 saturated carbocycles. The van der Waals surface area contributed by atoms with Crippen molar-refractivity contribution in [2.75, 3.05) is 7.11 Å². The van der Waals surface area contributed by atoms with Crippen molar-refractivity contribution in [3.63, 3.8) is 0 Å². The summed E-state index contributed by atoms with van der Waals surface area (Å²) in [7, 11) is 1.36. The van der Waals surface area contributed by atoms with Crippen molar-refractivity contribution in [3.8, 4) is 0 Å². The Bertz CT molecular complexity index is 1300. The van der Waals surface area contributed by atoms with Gasteiger partial charge in [-0.1, -0.05) is 33.8 Å². The molecule has 1 aromatic heterocycles. The maximum Gasteiger partial charge on any atom is 0.333 e. The number of hydrogen-bond acceptors (Lipinski definition) is 9. The van der Waals surface area contributed by atoms with Gasteiger partial charge in [-0.05, 0) is 51.0 Å². The Morgan fingerprint density at radius 1 is 1.20 bits per heavy atom. The minimum atomic E-state index is -1.67. The van der Waals surface area contributed by atoms with Crippen molar-refractivity contribution in [2.45, 2.75) is 97.2 Å². The normalized spacial score (nSPS) is 45.9. The number of rotatable bonds is 5. The molecule has 224 valence electrons. The molecule has 5 aliphatic rings. The van der Waals surface area contributed by atoms with Crippen LogP contribution in [0.2, 0.25) is 0 Å². The van der Waals surface area contributed by atoms with Crippen LogP contribution in [0.3, 0.4) is 0 Å². The van der Waals surface area contributed by atoms with Gasteiger partial charge >= 0.3 is 17.9 Å². The molecule has 9 nitrogen and oxygen atoms in total. The van der Waals surface area contributed by atoms with Gasteiger partial charge in [0.2, 0.25) is 0 Å². The fourth-order valence-electron chi connectivity index (χ4n) is 10.2. The van der Waals surface area contributed by atoms with Crippen LogP contribution in [0.1, 0.15) is 85.3 Å². The van der Waals surface area contributed by atoms with Crippen LogP contribution in [0.25, 0.3) is 0 Å². The Kier molecular flexibility index (Phi) is 6.20. The SMILES string of the molecule is C/C=C(\C)C(=O)O[C@H]1[C@H]2C[C@@]34O[C@]2(O)[C@@](C)([C@@H](CC(=O)OC)C1(C)C)[C@H]3CC[C@]1(C)[C@H]4CC(=O)O[C@H]1c1ccoc1. The second kappa shape index (κ2) is 8.93. The first kappa shape index (κ1) is 28.5. The molecule has 41 heavy (non-hydrogen) atoms. The first-order valence-corrected chi connectivity index (χ1v) is 14.8. The van der Waals surface area contributed by atoms with E-state index < -0.39 is 57.6 Å². The topological polar surface area (TPSA) is 122 Å². The summed E-state index contributed by atoms with van der Waals surface area (Å²) < 4.78 is 29.7. The lowest BCUT2D eigenvalue weighted by Crippen LogP contribution is -2.72. The third kappa shape index (κ3) is 3.45. The van der Waals surface area contributed by atoms with Gasteiger partial charge in [0.05, 0.1) is 37.6 Å². The molecule has 0 amide bonds. The minimum absolute atomic E-state index is 0.0449. The standard InChI is InChI=1S/C32H42O9/c1-8-17(2)27(35)40-26-19-15-31-20(30(6,32(19,36)41-31)21(28(26,3)4)13-23(33)37-7)9-11-29(5)22(31)14-24(34)39-25(29)18-10-12-38-16-18/h8,10,12,16,19-22,25-26,36H,9,11,13-15H2,1-7H3/b17-8+/t19-,20-,21+,22-,25+,26+,29-,30-,31-,32+/m1/s1. The van der Waals surface area contributed by atoms with E-state index in [1.54, 1.807) is 32.4 Å². The van der Waals surface area contributed by atoms with E-state index in [-0.39, 0.29) is 36.6 Å². The highest BCUT2D eigenvalue weighted by atomic mass is 16.7. The molecule has 1 aromatic rings. The molecule has 6 rings (SSSR count). The average Bonchev–Trinajstić information content (AvgIpc) is 3.61. The summed E-state index contributed by atoms with van der Waals surface area (Å²) in [6.07, 6.45) is 5.78. The molecule has 2 aliphatic carbocycles. The molecule has 2 bridgehead atoms. The van der Waals surface area contributed by atoms with E-state index in [1.165, 1.54) is 7.11 Å².